The molecule has 0 N–H and O–H groups in total. The fourth-order valence-electron chi connectivity index (χ4n) is 1.58. The van der Waals surface area contributed by atoms with Crippen molar-refractivity contribution in [3.8, 4) is 0 Å². The first-order valence-corrected chi connectivity index (χ1v) is 7.26. The molecule has 1 atom stereocenters. The van der Waals surface area contributed by atoms with Gasteiger partial charge in [-0.3, -0.25) is 4.79 Å². The minimum atomic E-state index is -1.29. The van der Waals surface area contributed by atoms with Crippen LogP contribution in [0, 0.1) is 0 Å². The van der Waals surface area contributed by atoms with Crippen LogP contribution in [0.2, 0.25) is 0 Å². The van der Waals surface area contributed by atoms with Crippen molar-refractivity contribution in [3.63, 3.8) is 0 Å². The SMILES string of the molecule is CCOC(=O)/C=C/C(=O)OC(C)C(=O)OC(=O)Cc1ccccc1. The number of rotatable bonds is 7. The summed E-state index contributed by atoms with van der Waals surface area (Å²) in [6, 6.07) is 8.74. The van der Waals surface area contributed by atoms with Crippen LogP contribution in [0.3, 0.4) is 0 Å². The van der Waals surface area contributed by atoms with Crippen LogP contribution in [0.4, 0.5) is 0 Å². The average Bonchev–Trinajstić information content (AvgIpc) is 2.54. The summed E-state index contributed by atoms with van der Waals surface area (Å²) in [7, 11) is 0. The molecule has 0 aliphatic carbocycles. The maximum atomic E-state index is 11.7. The third kappa shape index (κ3) is 7.35. The fourth-order valence-corrected chi connectivity index (χ4v) is 1.58. The zero-order valence-electron chi connectivity index (χ0n) is 13.4. The van der Waals surface area contributed by atoms with E-state index in [4.69, 9.17) is 4.74 Å². The maximum absolute atomic E-state index is 11.7. The zero-order valence-corrected chi connectivity index (χ0v) is 13.4. The van der Waals surface area contributed by atoms with E-state index in [1.807, 2.05) is 0 Å². The van der Waals surface area contributed by atoms with E-state index < -0.39 is 30.0 Å². The first kappa shape index (κ1) is 19.1. The van der Waals surface area contributed by atoms with Gasteiger partial charge in [-0.15, -0.1) is 0 Å². The molecule has 0 heterocycles. The van der Waals surface area contributed by atoms with Gasteiger partial charge in [0.05, 0.1) is 13.0 Å². The van der Waals surface area contributed by atoms with Crippen molar-refractivity contribution in [2.75, 3.05) is 6.61 Å². The predicted molar refractivity (Wildman–Crippen MR) is 82.6 cm³/mol. The van der Waals surface area contributed by atoms with Crippen molar-refractivity contribution >= 4 is 23.9 Å². The topological polar surface area (TPSA) is 96.0 Å². The van der Waals surface area contributed by atoms with Gasteiger partial charge < -0.3 is 14.2 Å². The summed E-state index contributed by atoms with van der Waals surface area (Å²) in [6.07, 6.45) is 0.345. The van der Waals surface area contributed by atoms with Crippen LogP contribution in [0.25, 0.3) is 0 Å². The van der Waals surface area contributed by atoms with Gasteiger partial charge in [-0.2, -0.15) is 0 Å². The second kappa shape index (κ2) is 9.94. The first-order chi connectivity index (χ1) is 11.4. The van der Waals surface area contributed by atoms with E-state index >= 15 is 0 Å². The van der Waals surface area contributed by atoms with E-state index in [2.05, 4.69) is 9.47 Å². The van der Waals surface area contributed by atoms with Gasteiger partial charge in [-0.1, -0.05) is 30.3 Å². The number of ether oxygens (including phenoxy) is 3. The Morgan fingerprint density at radius 3 is 2.29 bits per heavy atom. The van der Waals surface area contributed by atoms with Crippen LogP contribution in [-0.2, 0) is 39.8 Å². The van der Waals surface area contributed by atoms with Gasteiger partial charge in [0.1, 0.15) is 0 Å². The average molecular weight is 334 g/mol. The standard InChI is InChI=1S/C17H18O7/c1-3-22-14(18)9-10-15(19)23-12(2)17(21)24-16(20)11-13-7-5-4-6-8-13/h4-10,12H,3,11H2,1-2H3/b10-9+. The number of carbonyl (C=O) groups is 4. The third-order valence-electron chi connectivity index (χ3n) is 2.67. The molecule has 1 aromatic rings. The smallest absolute Gasteiger partial charge is 0.354 e. The van der Waals surface area contributed by atoms with Gasteiger partial charge in [0.25, 0.3) is 0 Å². The number of hydrogen-bond donors (Lipinski definition) is 0. The lowest BCUT2D eigenvalue weighted by molar-refractivity contribution is -0.171. The summed E-state index contributed by atoms with van der Waals surface area (Å²) in [4.78, 5) is 45.8. The highest BCUT2D eigenvalue weighted by molar-refractivity contribution is 5.94. The zero-order chi connectivity index (χ0) is 17.9. The molecule has 0 aliphatic heterocycles. The van der Waals surface area contributed by atoms with Crippen molar-refractivity contribution in [1.82, 2.24) is 0 Å². The van der Waals surface area contributed by atoms with Crippen LogP contribution in [0.5, 0.6) is 0 Å². The Hall–Kier alpha value is -2.96. The first-order valence-electron chi connectivity index (χ1n) is 7.26. The molecular formula is C17H18O7. The highest BCUT2D eigenvalue weighted by atomic mass is 16.6. The number of carbonyl (C=O) groups excluding carboxylic acids is 4. The molecule has 0 aliphatic rings. The van der Waals surface area contributed by atoms with Crippen LogP contribution in [0.15, 0.2) is 42.5 Å². The predicted octanol–water partition coefficient (Wildman–Crippen LogP) is 1.35. The van der Waals surface area contributed by atoms with Crippen LogP contribution >= 0.6 is 0 Å². The Kier molecular flexibility index (Phi) is 7.90. The molecule has 1 aromatic carbocycles. The summed E-state index contributed by atoms with van der Waals surface area (Å²) in [5.41, 5.74) is 0.692. The van der Waals surface area contributed by atoms with E-state index in [-0.39, 0.29) is 13.0 Å². The largest absolute Gasteiger partial charge is 0.463 e. The molecule has 0 bridgehead atoms. The molecule has 1 unspecified atom stereocenters. The molecule has 7 nitrogen and oxygen atoms in total. The molecular weight excluding hydrogens is 316 g/mol. The molecule has 24 heavy (non-hydrogen) atoms. The minimum Gasteiger partial charge on any atom is -0.463 e. The highest BCUT2D eigenvalue weighted by Crippen LogP contribution is 2.03. The summed E-state index contributed by atoms with van der Waals surface area (Å²) in [5.74, 6) is -3.38. The van der Waals surface area contributed by atoms with E-state index in [1.54, 1.807) is 37.3 Å². The normalized spacial score (nSPS) is 11.6. The van der Waals surface area contributed by atoms with Crippen molar-refractivity contribution in [2.45, 2.75) is 26.4 Å². The molecule has 0 amide bonds. The molecule has 128 valence electrons. The summed E-state index contributed by atoms with van der Waals surface area (Å²) in [5, 5.41) is 0. The molecule has 0 aromatic heterocycles. The van der Waals surface area contributed by atoms with Crippen molar-refractivity contribution < 1.29 is 33.4 Å². The van der Waals surface area contributed by atoms with Gasteiger partial charge in [0, 0.05) is 12.2 Å². The van der Waals surface area contributed by atoms with Gasteiger partial charge in [-0.05, 0) is 19.4 Å². The second-order valence-corrected chi connectivity index (χ2v) is 4.62. The van der Waals surface area contributed by atoms with Crippen LogP contribution in [0.1, 0.15) is 19.4 Å². The molecule has 7 heteroatoms. The van der Waals surface area contributed by atoms with Gasteiger partial charge >= 0.3 is 23.9 Å². The minimum absolute atomic E-state index is 0.0734. The Bertz CT molecular complexity index is 619. The van der Waals surface area contributed by atoms with E-state index in [0.29, 0.717) is 5.56 Å². The molecule has 0 spiro atoms. The molecule has 1 rings (SSSR count). The number of esters is 4. The van der Waals surface area contributed by atoms with Crippen molar-refractivity contribution in [3.05, 3.63) is 48.0 Å². The second-order valence-electron chi connectivity index (χ2n) is 4.62. The Balaban J connectivity index is 2.42. The fraction of sp³-hybridized carbons (Fsp3) is 0.294. The summed E-state index contributed by atoms with van der Waals surface area (Å²) in [6.45, 7) is 3.05. The number of benzene rings is 1. The van der Waals surface area contributed by atoms with Crippen LogP contribution in [-0.4, -0.2) is 36.6 Å². The summed E-state index contributed by atoms with van der Waals surface area (Å²) >= 11 is 0. The Morgan fingerprint density at radius 2 is 1.67 bits per heavy atom. The third-order valence-corrected chi connectivity index (χ3v) is 2.67. The van der Waals surface area contributed by atoms with E-state index in [0.717, 1.165) is 12.2 Å². The molecule has 0 saturated carbocycles. The maximum Gasteiger partial charge on any atom is 0.354 e. The molecule has 0 radical (unpaired) electrons. The molecule has 0 fully saturated rings. The lowest BCUT2D eigenvalue weighted by atomic mass is 10.2. The van der Waals surface area contributed by atoms with Crippen molar-refractivity contribution in [2.24, 2.45) is 0 Å². The van der Waals surface area contributed by atoms with Gasteiger partial charge in [0.15, 0.2) is 6.10 Å². The van der Waals surface area contributed by atoms with Crippen LogP contribution < -0.4 is 0 Å². The Morgan fingerprint density at radius 1 is 1.04 bits per heavy atom. The van der Waals surface area contributed by atoms with Crippen molar-refractivity contribution in [1.29, 1.82) is 0 Å². The quantitative estimate of drug-likeness (QED) is 0.321. The monoisotopic (exact) mass is 334 g/mol. The van der Waals surface area contributed by atoms with Gasteiger partial charge in [-0.25, -0.2) is 14.4 Å². The number of hydrogen-bond acceptors (Lipinski definition) is 7. The van der Waals surface area contributed by atoms with E-state index in [1.165, 1.54) is 6.92 Å². The highest BCUT2D eigenvalue weighted by Gasteiger charge is 2.21. The lowest BCUT2D eigenvalue weighted by Gasteiger charge is -2.10. The lowest BCUT2D eigenvalue weighted by Crippen LogP contribution is -2.28. The summed E-state index contributed by atoms with van der Waals surface area (Å²) < 4.78 is 13.9. The Labute approximate surface area is 139 Å². The van der Waals surface area contributed by atoms with E-state index in [9.17, 15) is 19.2 Å². The molecule has 0 saturated heterocycles. The van der Waals surface area contributed by atoms with Gasteiger partial charge in [0.2, 0.25) is 0 Å².